The van der Waals surface area contributed by atoms with E-state index in [0.29, 0.717) is 17.4 Å². The van der Waals surface area contributed by atoms with Crippen molar-refractivity contribution >= 4 is 0 Å². The van der Waals surface area contributed by atoms with Crippen LogP contribution in [0.15, 0.2) is 18.3 Å². The molecule has 0 bridgehead atoms. The van der Waals surface area contributed by atoms with E-state index in [2.05, 4.69) is 50.1 Å². The summed E-state index contributed by atoms with van der Waals surface area (Å²) in [4.78, 5) is 4.68. The van der Waals surface area contributed by atoms with E-state index in [9.17, 15) is 0 Å². The van der Waals surface area contributed by atoms with E-state index in [0.717, 1.165) is 6.54 Å². The zero-order valence-electron chi connectivity index (χ0n) is 14.3. The van der Waals surface area contributed by atoms with Gasteiger partial charge in [-0.25, -0.2) is 0 Å². The zero-order valence-corrected chi connectivity index (χ0v) is 14.3. The third-order valence-corrected chi connectivity index (χ3v) is 4.80. The molecule has 1 aromatic heterocycles. The third kappa shape index (κ3) is 4.54. The molecule has 1 heterocycles. The average molecular weight is 288 g/mol. The predicted octanol–water partition coefficient (Wildman–Crippen LogP) is 4.70. The molecular weight excluding hydrogens is 256 g/mol. The monoisotopic (exact) mass is 288 g/mol. The quantitative estimate of drug-likeness (QED) is 0.821. The van der Waals surface area contributed by atoms with E-state index < -0.39 is 0 Å². The average Bonchev–Trinajstić information content (AvgIpc) is 2.46. The molecule has 2 heteroatoms. The maximum absolute atomic E-state index is 4.68. The predicted molar refractivity (Wildman–Crippen MR) is 90.7 cm³/mol. The smallest absolute Gasteiger partial charge is 0.0466 e. The summed E-state index contributed by atoms with van der Waals surface area (Å²) in [5.41, 5.74) is 3.20. The molecule has 0 spiro atoms. The maximum Gasteiger partial charge on any atom is 0.0466 e. The van der Waals surface area contributed by atoms with E-state index in [4.69, 9.17) is 0 Å². The van der Waals surface area contributed by atoms with Crippen molar-refractivity contribution in [1.29, 1.82) is 0 Å². The molecule has 1 aromatic rings. The van der Waals surface area contributed by atoms with E-state index in [1.54, 1.807) is 0 Å². The summed E-state index contributed by atoms with van der Waals surface area (Å²) in [6.45, 7) is 10.4. The standard InChI is InChI=1S/C19H32N2/c1-5-13-20-17(19(2,3)4)12-11-16-9-6-8-15-10-7-14-21-18(15)16/h7,10,14,16-17,20H,5-6,8-9,11-13H2,1-4H3. The van der Waals surface area contributed by atoms with Gasteiger partial charge in [-0.15, -0.1) is 0 Å². The molecule has 2 nitrogen and oxygen atoms in total. The van der Waals surface area contributed by atoms with Crippen molar-refractivity contribution in [1.82, 2.24) is 10.3 Å². The van der Waals surface area contributed by atoms with Gasteiger partial charge in [-0.2, -0.15) is 0 Å². The first-order chi connectivity index (χ1) is 10.0. The molecule has 21 heavy (non-hydrogen) atoms. The van der Waals surface area contributed by atoms with Gasteiger partial charge in [0, 0.05) is 23.9 Å². The van der Waals surface area contributed by atoms with E-state index in [1.165, 1.54) is 49.8 Å². The van der Waals surface area contributed by atoms with Crippen molar-refractivity contribution in [3.05, 3.63) is 29.6 Å². The molecule has 0 saturated carbocycles. The summed E-state index contributed by atoms with van der Waals surface area (Å²) < 4.78 is 0. The Morgan fingerprint density at radius 3 is 2.90 bits per heavy atom. The zero-order chi connectivity index (χ0) is 15.3. The van der Waals surface area contributed by atoms with Crippen LogP contribution in [0.5, 0.6) is 0 Å². The SMILES string of the molecule is CCCNC(CCC1CCCc2cccnc21)C(C)(C)C. The second-order valence-corrected chi connectivity index (χ2v) is 7.59. The van der Waals surface area contributed by atoms with Crippen molar-refractivity contribution in [2.75, 3.05) is 6.54 Å². The maximum atomic E-state index is 4.68. The van der Waals surface area contributed by atoms with Crippen molar-refractivity contribution < 1.29 is 0 Å². The minimum atomic E-state index is 0.330. The molecule has 0 saturated heterocycles. The number of nitrogens with zero attached hydrogens (tertiary/aromatic N) is 1. The first-order valence-electron chi connectivity index (χ1n) is 8.69. The molecule has 2 rings (SSSR count). The molecule has 0 fully saturated rings. The van der Waals surface area contributed by atoms with Crippen LogP contribution in [-0.2, 0) is 6.42 Å². The van der Waals surface area contributed by atoms with Crippen molar-refractivity contribution in [3.8, 4) is 0 Å². The van der Waals surface area contributed by atoms with Crippen LogP contribution in [0, 0.1) is 5.41 Å². The molecule has 118 valence electrons. The number of nitrogens with one attached hydrogen (secondary N) is 1. The highest BCUT2D eigenvalue weighted by molar-refractivity contribution is 5.25. The Morgan fingerprint density at radius 2 is 2.19 bits per heavy atom. The summed E-state index contributed by atoms with van der Waals surface area (Å²) in [5, 5.41) is 3.75. The lowest BCUT2D eigenvalue weighted by atomic mass is 9.78. The van der Waals surface area contributed by atoms with Gasteiger partial charge < -0.3 is 5.32 Å². The van der Waals surface area contributed by atoms with Crippen LogP contribution in [0.4, 0.5) is 0 Å². The fraction of sp³-hybridized carbons (Fsp3) is 0.737. The van der Waals surface area contributed by atoms with Crippen LogP contribution in [-0.4, -0.2) is 17.6 Å². The van der Waals surface area contributed by atoms with Gasteiger partial charge in [0.15, 0.2) is 0 Å². The summed E-state index contributed by atoms with van der Waals surface area (Å²) in [6.07, 6.45) is 9.55. The second kappa shape index (κ2) is 7.40. The number of aromatic nitrogens is 1. The Hall–Kier alpha value is -0.890. The first kappa shape index (κ1) is 16.5. The molecule has 0 aliphatic heterocycles. The minimum absolute atomic E-state index is 0.330. The van der Waals surface area contributed by atoms with Gasteiger partial charge in [0.25, 0.3) is 0 Å². The van der Waals surface area contributed by atoms with Gasteiger partial charge in [0.05, 0.1) is 0 Å². The Balaban J connectivity index is 1.98. The lowest BCUT2D eigenvalue weighted by Gasteiger charge is -2.33. The number of hydrogen-bond donors (Lipinski definition) is 1. The molecule has 0 radical (unpaired) electrons. The van der Waals surface area contributed by atoms with Gasteiger partial charge >= 0.3 is 0 Å². The first-order valence-corrected chi connectivity index (χ1v) is 8.69. The summed E-state index contributed by atoms with van der Waals surface area (Å²) >= 11 is 0. The van der Waals surface area contributed by atoms with Gasteiger partial charge in [-0.05, 0) is 62.1 Å². The molecule has 2 unspecified atom stereocenters. The summed E-state index contributed by atoms with van der Waals surface area (Å²) in [6, 6.07) is 4.96. The topological polar surface area (TPSA) is 24.9 Å². The van der Waals surface area contributed by atoms with E-state index >= 15 is 0 Å². The molecule has 1 aliphatic rings. The van der Waals surface area contributed by atoms with Crippen LogP contribution in [0.2, 0.25) is 0 Å². The van der Waals surface area contributed by atoms with Crippen molar-refractivity contribution in [3.63, 3.8) is 0 Å². The van der Waals surface area contributed by atoms with Crippen LogP contribution >= 0.6 is 0 Å². The molecular formula is C19H32N2. The molecule has 1 N–H and O–H groups in total. The number of fused-ring (bicyclic) bond motifs is 1. The number of pyridine rings is 1. The van der Waals surface area contributed by atoms with Crippen LogP contribution in [0.25, 0.3) is 0 Å². The highest BCUT2D eigenvalue weighted by Gasteiger charge is 2.27. The Morgan fingerprint density at radius 1 is 1.38 bits per heavy atom. The van der Waals surface area contributed by atoms with Crippen LogP contribution < -0.4 is 5.32 Å². The van der Waals surface area contributed by atoms with Crippen molar-refractivity contribution in [2.45, 2.75) is 78.2 Å². The van der Waals surface area contributed by atoms with Crippen LogP contribution in [0.3, 0.4) is 0 Å². The fourth-order valence-corrected chi connectivity index (χ4v) is 3.51. The number of hydrogen-bond acceptors (Lipinski definition) is 2. The highest BCUT2D eigenvalue weighted by atomic mass is 14.9. The Kier molecular flexibility index (Phi) is 5.80. The summed E-state index contributed by atoms with van der Waals surface area (Å²) in [5.74, 6) is 0.670. The third-order valence-electron chi connectivity index (χ3n) is 4.80. The number of rotatable bonds is 6. The Labute approximate surface area is 130 Å². The Bertz CT molecular complexity index is 433. The van der Waals surface area contributed by atoms with Gasteiger partial charge in [-0.1, -0.05) is 33.8 Å². The van der Waals surface area contributed by atoms with E-state index in [1.807, 2.05) is 6.20 Å². The largest absolute Gasteiger partial charge is 0.313 e. The van der Waals surface area contributed by atoms with Gasteiger partial charge in [0.2, 0.25) is 0 Å². The van der Waals surface area contributed by atoms with Gasteiger partial charge in [-0.3, -0.25) is 4.98 Å². The fourth-order valence-electron chi connectivity index (χ4n) is 3.51. The summed E-state index contributed by atoms with van der Waals surface area (Å²) in [7, 11) is 0. The normalized spacial score (nSPS) is 20.1. The molecule has 2 atom stereocenters. The molecule has 1 aliphatic carbocycles. The van der Waals surface area contributed by atoms with Crippen molar-refractivity contribution in [2.24, 2.45) is 5.41 Å². The second-order valence-electron chi connectivity index (χ2n) is 7.59. The van der Waals surface area contributed by atoms with Gasteiger partial charge in [0.1, 0.15) is 0 Å². The molecule has 0 aromatic carbocycles. The molecule has 0 amide bonds. The van der Waals surface area contributed by atoms with E-state index in [-0.39, 0.29) is 0 Å². The lowest BCUT2D eigenvalue weighted by molar-refractivity contribution is 0.244. The number of aryl methyl sites for hydroxylation is 1. The highest BCUT2D eigenvalue weighted by Crippen LogP contribution is 2.35. The minimum Gasteiger partial charge on any atom is -0.313 e. The van der Waals surface area contributed by atoms with Crippen LogP contribution in [0.1, 0.15) is 77.0 Å². The lowest BCUT2D eigenvalue weighted by Crippen LogP contribution is -2.41.